The molecule has 0 aromatic heterocycles. The quantitative estimate of drug-likeness (QED) is 0.729. The van der Waals surface area contributed by atoms with Crippen molar-refractivity contribution in [3.05, 3.63) is 0 Å². The Kier molecular flexibility index (Phi) is 6.45. The molecule has 21 heavy (non-hydrogen) atoms. The van der Waals surface area contributed by atoms with Crippen molar-refractivity contribution in [2.45, 2.75) is 64.1 Å². The number of carbonyl (C=O) groups excluding carboxylic acids is 1. The highest BCUT2D eigenvalue weighted by Crippen LogP contribution is 2.19. The van der Waals surface area contributed by atoms with Crippen LogP contribution in [0.1, 0.15) is 46.0 Å². The minimum atomic E-state index is 0.000125. The second kappa shape index (κ2) is 8.11. The van der Waals surface area contributed by atoms with Gasteiger partial charge in [0.1, 0.15) is 0 Å². The van der Waals surface area contributed by atoms with E-state index in [4.69, 9.17) is 5.73 Å². The third-order valence-electron chi connectivity index (χ3n) is 4.90. The fourth-order valence-electron chi connectivity index (χ4n) is 3.26. The average Bonchev–Trinajstić information content (AvgIpc) is 3.30. The van der Waals surface area contributed by atoms with E-state index in [9.17, 15) is 4.79 Å². The van der Waals surface area contributed by atoms with Crippen molar-refractivity contribution in [1.29, 1.82) is 0 Å². The first-order valence-corrected chi connectivity index (χ1v) is 8.64. The van der Waals surface area contributed by atoms with Crippen LogP contribution in [-0.2, 0) is 4.79 Å². The Morgan fingerprint density at radius 2 is 1.90 bits per heavy atom. The fraction of sp³-hybridized carbons (Fsp3) is 0.938. The Bertz CT molecular complexity index is 332. The van der Waals surface area contributed by atoms with Gasteiger partial charge in [-0.1, -0.05) is 6.92 Å². The highest BCUT2D eigenvalue weighted by molar-refractivity contribution is 5.81. The Morgan fingerprint density at radius 3 is 2.52 bits per heavy atom. The summed E-state index contributed by atoms with van der Waals surface area (Å²) in [4.78, 5) is 17.1. The van der Waals surface area contributed by atoms with Crippen LogP contribution >= 0.6 is 0 Å². The first kappa shape index (κ1) is 16.7. The van der Waals surface area contributed by atoms with Gasteiger partial charge in [0.15, 0.2) is 0 Å². The molecule has 2 atom stereocenters. The maximum absolute atomic E-state index is 12.2. The van der Waals surface area contributed by atoms with E-state index < -0.39 is 0 Å². The molecule has 1 aliphatic heterocycles. The van der Waals surface area contributed by atoms with Gasteiger partial charge < -0.3 is 11.1 Å². The Labute approximate surface area is 129 Å². The largest absolute Gasteiger partial charge is 0.352 e. The van der Waals surface area contributed by atoms with E-state index in [-0.39, 0.29) is 11.9 Å². The van der Waals surface area contributed by atoms with Crippen LogP contribution in [0.5, 0.6) is 0 Å². The van der Waals surface area contributed by atoms with Crippen molar-refractivity contribution >= 4 is 5.91 Å². The second-order valence-electron chi connectivity index (χ2n) is 6.52. The third-order valence-corrected chi connectivity index (χ3v) is 4.90. The van der Waals surface area contributed by atoms with Gasteiger partial charge in [0.05, 0.1) is 6.04 Å². The molecule has 1 saturated carbocycles. The molecule has 0 spiro atoms. The van der Waals surface area contributed by atoms with Crippen molar-refractivity contribution in [3.63, 3.8) is 0 Å². The molecule has 0 aromatic carbocycles. The van der Waals surface area contributed by atoms with Crippen LogP contribution in [0.15, 0.2) is 0 Å². The van der Waals surface area contributed by atoms with Gasteiger partial charge in [-0.15, -0.1) is 0 Å². The molecule has 5 nitrogen and oxygen atoms in total. The van der Waals surface area contributed by atoms with Crippen molar-refractivity contribution < 1.29 is 4.79 Å². The number of amides is 1. The number of rotatable bonds is 7. The smallest absolute Gasteiger partial charge is 0.237 e. The summed E-state index contributed by atoms with van der Waals surface area (Å²) in [5.74, 6) is 0.208. The van der Waals surface area contributed by atoms with Crippen LogP contribution in [0, 0.1) is 0 Å². The van der Waals surface area contributed by atoms with Gasteiger partial charge >= 0.3 is 0 Å². The lowest BCUT2D eigenvalue weighted by Gasteiger charge is -2.30. The highest BCUT2D eigenvalue weighted by Gasteiger charge is 2.29. The molecular weight excluding hydrogens is 264 g/mol. The summed E-state index contributed by atoms with van der Waals surface area (Å²) in [5, 5.41) is 3.13. The van der Waals surface area contributed by atoms with Gasteiger partial charge in [0, 0.05) is 31.7 Å². The summed E-state index contributed by atoms with van der Waals surface area (Å²) in [6, 6.07) is 1.06. The lowest BCUT2D eigenvalue weighted by Crippen LogP contribution is -2.47. The van der Waals surface area contributed by atoms with Crippen LogP contribution in [0.4, 0.5) is 0 Å². The number of nitrogens with one attached hydrogen (secondary N) is 1. The summed E-state index contributed by atoms with van der Waals surface area (Å²) < 4.78 is 0. The third kappa shape index (κ3) is 4.94. The Morgan fingerprint density at radius 1 is 1.24 bits per heavy atom. The molecule has 5 heteroatoms. The molecule has 3 N–H and O–H groups in total. The van der Waals surface area contributed by atoms with E-state index in [1.807, 2.05) is 6.92 Å². The number of hydrogen-bond acceptors (Lipinski definition) is 4. The molecule has 2 rings (SSSR count). The minimum absolute atomic E-state index is 0.000125. The molecule has 2 aliphatic rings. The van der Waals surface area contributed by atoms with E-state index in [1.54, 1.807) is 0 Å². The molecular formula is C16H32N4O. The molecule has 1 amide bonds. The molecule has 122 valence electrons. The average molecular weight is 296 g/mol. The summed E-state index contributed by atoms with van der Waals surface area (Å²) in [7, 11) is 0. The van der Waals surface area contributed by atoms with Gasteiger partial charge in [-0.2, -0.15) is 0 Å². The zero-order valence-corrected chi connectivity index (χ0v) is 13.7. The van der Waals surface area contributed by atoms with Crippen molar-refractivity contribution in [2.75, 3.05) is 32.7 Å². The first-order chi connectivity index (χ1) is 10.2. The van der Waals surface area contributed by atoms with Crippen molar-refractivity contribution in [3.8, 4) is 0 Å². The molecule has 0 aromatic rings. The number of nitrogens with zero attached hydrogens (tertiary/aromatic N) is 2. The molecule has 2 unspecified atom stereocenters. The van der Waals surface area contributed by atoms with Crippen LogP contribution in [0.25, 0.3) is 0 Å². The monoisotopic (exact) mass is 296 g/mol. The standard InChI is InChI=1S/C16H32N4O/c1-3-15(7-8-17)20-10-4-9-19(11-12-20)13(2)16(21)18-14-5-6-14/h13-15H,3-12,17H2,1-2H3,(H,18,21). The van der Waals surface area contributed by atoms with Crippen LogP contribution in [0.2, 0.25) is 0 Å². The van der Waals surface area contributed by atoms with E-state index >= 15 is 0 Å². The predicted molar refractivity (Wildman–Crippen MR) is 86.1 cm³/mol. The van der Waals surface area contributed by atoms with Gasteiger partial charge in [-0.05, 0) is 52.1 Å². The summed E-state index contributed by atoms with van der Waals surface area (Å²) in [6.07, 6.45) is 5.69. The Hall–Kier alpha value is -0.650. The predicted octanol–water partition coefficient (Wildman–Crippen LogP) is 0.789. The van der Waals surface area contributed by atoms with E-state index in [0.717, 1.165) is 64.8 Å². The molecule has 1 aliphatic carbocycles. The highest BCUT2D eigenvalue weighted by atomic mass is 16.2. The van der Waals surface area contributed by atoms with Crippen molar-refractivity contribution in [1.82, 2.24) is 15.1 Å². The number of hydrogen-bond donors (Lipinski definition) is 2. The summed E-state index contributed by atoms with van der Waals surface area (Å²) >= 11 is 0. The molecule has 0 bridgehead atoms. The van der Waals surface area contributed by atoms with Crippen LogP contribution in [0.3, 0.4) is 0 Å². The zero-order valence-electron chi connectivity index (χ0n) is 13.7. The Balaban J connectivity index is 1.82. The normalized spacial score (nSPS) is 24.3. The van der Waals surface area contributed by atoms with E-state index in [0.29, 0.717) is 12.1 Å². The summed E-state index contributed by atoms with van der Waals surface area (Å²) in [5.41, 5.74) is 5.73. The fourth-order valence-corrected chi connectivity index (χ4v) is 3.26. The summed E-state index contributed by atoms with van der Waals surface area (Å²) in [6.45, 7) is 9.25. The molecule has 2 fully saturated rings. The zero-order chi connectivity index (χ0) is 15.2. The van der Waals surface area contributed by atoms with Gasteiger partial charge in [0.2, 0.25) is 5.91 Å². The first-order valence-electron chi connectivity index (χ1n) is 8.64. The van der Waals surface area contributed by atoms with E-state index in [2.05, 4.69) is 22.0 Å². The SMILES string of the molecule is CCC(CCN)N1CCCN(C(C)C(=O)NC2CC2)CC1. The second-order valence-corrected chi connectivity index (χ2v) is 6.52. The maximum Gasteiger partial charge on any atom is 0.237 e. The van der Waals surface area contributed by atoms with E-state index in [1.165, 1.54) is 0 Å². The topological polar surface area (TPSA) is 61.6 Å². The van der Waals surface area contributed by atoms with Gasteiger partial charge in [-0.3, -0.25) is 14.6 Å². The van der Waals surface area contributed by atoms with Crippen LogP contribution < -0.4 is 11.1 Å². The minimum Gasteiger partial charge on any atom is -0.352 e. The number of nitrogens with two attached hydrogens (primary N) is 1. The number of carbonyl (C=O) groups is 1. The maximum atomic E-state index is 12.2. The molecule has 1 heterocycles. The lowest BCUT2D eigenvalue weighted by atomic mass is 10.1. The molecule has 0 radical (unpaired) electrons. The van der Waals surface area contributed by atoms with Gasteiger partial charge in [0.25, 0.3) is 0 Å². The van der Waals surface area contributed by atoms with Crippen molar-refractivity contribution in [2.24, 2.45) is 5.73 Å². The van der Waals surface area contributed by atoms with Gasteiger partial charge in [-0.25, -0.2) is 0 Å². The van der Waals surface area contributed by atoms with Crippen LogP contribution in [-0.4, -0.2) is 66.6 Å². The lowest BCUT2D eigenvalue weighted by molar-refractivity contribution is -0.126. The molecule has 1 saturated heterocycles.